The van der Waals surface area contributed by atoms with Crippen LogP contribution in [0.1, 0.15) is 32.6 Å². The summed E-state index contributed by atoms with van der Waals surface area (Å²) in [5, 5.41) is 6.92. The summed E-state index contributed by atoms with van der Waals surface area (Å²) in [6.07, 6.45) is 3.14. The van der Waals surface area contributed by atoms with E-state index in [0.29, 0.717) is 17.7 Å². The van der Waals surface area contributed by atoms with Crippen molar-refractivity contribution in [3.63, 3.8) is 0 Å². The van der Waals surface area contributed by atoms with Gasteiger partial charge in [0.15, 0.2) is 0 Å². The Kier molecular flexibility index (Phi) is 5.07. The molecule has 0 atom stereocenters. The summed E-state index contributed by atoms with van der Waals surface area (Å²) in [6, 6.07) is 7.48. The minimum Gasteiger partial charge on any atom is -0.368 e. The lowest BCUT2D eigenvalue weighted by Gasteiger charge is -2.06. The largest absolute Gasteiger partial charge is 0.368 e. The van der Waals surface area contributed by atoms with Crippen LogP contribution in [0, 0.1) is 18.8 Å². The monoisotopic (exact) mass is 348 g/mol. The van der Waals surface area contributed by atoms with Crippen molar-refractivity contribution in [2.45, 2.75) is 13.5 Å². The van der Waals surface area contributed by atoms with E-state index in [1.165, 1.54) is 0 Å². The van der Waals surface area contributed by atoms with E-state index in [1.807, 2.05) is 29.8 Å². The molecule has 5 nitrogen and oxygen atoms in total. The molecule has 2 heterocycles. The minimum atomic E-state index is -0.120. The number of carbonyl (C=O) groups excluding carboxylic acids is 1. The summed E-state index contributed by atoms with van der Waals surface area (Å²) < 4.78 is 0. The second-order valence-electron chi connectivity index (χ2n) is 5.42. The van der Waals surface area contributed by atoms with Gasteiger partial charge in [-0.2, -0.15) is 11.3 Å². The van der Waals surface area contributed by atoms with Gasteiger partial charge >= 0.3 is 0 Å². The van der Waals surface area contributed by atoms with E-state index < -0.39 is 0 Å². The third-order valence-corrected chi connectivity index (χ3v) is 4.28. The molecule has 0 saturated carbocycles. The van der Waals surface area contributed by atoms with Gasteiger partial charge in [0.2, 0.25) is 5.95 Å². The van der Waals surface area contributed by atoms with Crippen molar-refractivity contribution in [2.75, 3.05) is 5.73 Å². The lowest BCUT2D eigenvalue weighted by atomic mass is 10.0. The van der Waals surface area contributed by atoms with E-state index in [0.717, 1.165) is 16.7 Å². The van der Waals surface area contributed by atoms with Crippen molar-refractivity contribution in [2.24, 2.45) is 0 Å². The quantitative estimate of drug-likeness (QED) is 0.713. The molecule has 0 saturated heterocycles. The first kappa shape index (κ1) is 16.7. The molecule has 0 spiro atoms. The zero-order valence-corrected chi connectivity index (χ0v) is 14.4. The summed E-state index contributed by atoms with van der Waals surface area (Å²) >= 11 is 1.61. The summed E-state index contributed by atoms with van der Waals surface area (Å²) in [5.74, 6) is 6.15. The molecule has 0 unspecified atom stereocenters. The fourth-order valence-electron chi connectivity index (χ4n) is 2.12. The standard InChI is InChI=1S/C19H16N4OS/c1-13-2-4-17(18(24)21-11-15-6-7-25-12-15)8-16(13)5-3-14-9-22-19(20)23-10-14/h2,4,6-10,12H,11H2,1H3,(H,21,24)(H2,20,22,23). The highest BCUT2D eigenvalue weighted by Gasteiger charge is 2.07. The lowest BCUT2D eigenvalue weighted by Crippen LogP contribution is -2.22. The number of amides is 1. The molecule has 1 amide bonds. The second kappa shape index (κ2) is 7.60. The van der Waals surface area contributed by atoms with Gasteiger partial charge in [0.1, 0.15) is 0 Å². The zero-order valence-electron chi connectivity index (χ0n) is 13.6. The number of hydrogen-bond donors (Lipinski definition) is 2. The van der Waals surface area contributed by atoms with Gasteiger partial charge in [0.05, 0.1) is 5.56 Å². The predicted octanol–water partition coefficient (Wildman–Crippen LogP) is 2.76. The van der Waals surface area contributed by atoms with Crippen molar-refractivity contribution >= 4 is 23.2 Å². The Hall–Kier alpha value is -3.17. The third kappa shape index (κ3) is 4.43. The van der Waals surface area contributed by atoms with Gasteiger partial charge in [0.25, 0.3) is 5.91 Å². The molecule has 0 aliphatic heterocycles. The van der Waals surface area contributed by atoms with Crippen LogP contribution < -0.4 is 11.1 Å². The molecule has 3 aromatic rings. The number of nitrogens with two attached hydrogens (primary N) is 1. The molecule has 2 aromatic heterocycles. The maximum absolute atomic E-state index is 12.3. The Morgan fingerprint density at radius 2 is 2.04 bits per heavy atom. The number of thiophene rings is 1. The van der Waals surface area contributed by atoms with Gasteiger partial charge in [-0.3, -0.25) is 4.79 Å². The molecule has 25 heavy (non-hydrogen) atoms. The average Bonchev–Trinajstić information content (AvgIpc) is 3.14. The van der Waals surface area contributed by atoms with Crippen LogP contribution in [-0.4, -0.2) is 15.9 Å². The number of benzene rings is 1. The summed E-state index contributed by atoms with van der Waals surface area (Å²) in [6.45, 7) is 2.47. The zero-order chi connectivity index (χ0) is 17.6. The van der Waals surface area contributed by atoms with Crippen LogP contribution in [0.3, 0.4) is 0 Å². The molecular formula is C19H16N4OS. The lowest BCUT2D eigenvalue weighted by molar-refractivity contribution is 0.0951. The van der Waals surface area contributed by atoms with Gasteiger partial charge < -0.3 is 11.1 Å². The number of nitrogens with one attached hydrogen (secondary N) is 1. The van der Waals surface area contributed by atoms with E-state index in [-0.39, 0.29) is 11.9 Å². The minimum absolute atomic E-state index is 0.120. The number of carbonyl (C=O) groups is 1. The molecule has 3 rings (SSSR count). The molecule has 0 aliphatic rings. The highest BCUT2D eigenvalue weighted by Crippen LogP contribution is 2.11. The van der Waals surface area contributed by atoms with Crippen LogP contribution in [0.2, 0.25) is 0 Å². The molecule has 0 bridgehead atoms. The number of nitrogen functional groups attached to an aromatic ring is 1. The number of rotatable bonds is 3. The Morgan fingerprint density at radius 1 is 1.24 bits per heavy atom. The number of nitrogens with zero attached hydrogens (tertiary/aromatic N) is 2. The first-order valence-corrected chi connectivity index (χ1v) is 8.55. The summed E-state index contributed by atoms with van der Waals surface area (Å²) in [7, 11) is 0. The highest BCUT2D eigenvalue weighted by atomic mass is 32.1. The molecule has 1 aromatic carbocycles. The topological polar surface area (TPSA) is 80.9 Å². The van der Waals surface area contributed by atoms with Gasteiger partial charge in [-0.05, 0) is 47.0 Å². The molecule has 0 aliphatic carbocycles. The molecule has 3 N–H and O–H groups in total. The molecular weight excluding hydrogens is 332 g/mol. The fraction of sp³-hybridized carbons (Fsp3) is 0.105. The van der Waals surface area contributed by atoms with Gasteiger partial charge in [0, 0.05) is 30.1 Å². The van der Waals surface area contributed by atoms with Crippen LogP contribution >= 0.6 is 11.3 Å². The van der Waals surface area contributed by atoms with Crippen molar-refractivity contribution < 1.29 is 4.79 Å². The van der Waals surface area contributed by atoms with Gasteiger partial charge in [-0.25, -0.2) is 9.97 Å². The number of aromatic nitrogens is 2. The summed E-state index contributed by atoms with van der Waals surface area (Å²) in [5.41, 5.74) is 9.59. The SMILES string of the molecule is Cc1ccc(C(=O)NCc2ccsc2)cc1C#Cc1cnc(N)nc1. The van der Waals surface area contributed by atoms with Crippen LogP contribution in [0.15, 0.2) is 47.4 Å². The van der Waals surface area contributed by atoms with Crippen molar-refractivity contribution in [1.82, 2.24) is 15.3 Å². The van der Waals surface area contributed by atoms with Crippen LogP contribution in [0.25, 0.3) is 0 Å². The predicted molar refractivity (Wildman–Crippen MR) is 99.1 cm³/mol. The molecule has 0 radical (unpaired) electrons. The fourth-order valence-corrected chi connectivity index (χ4v) is 2.79. The van der Waals surface area contributed by atoms with Crippen LogP contribution in [0.5, 0.6) is 0 Å². The molecule has 0 fully saturated rings. The first-order chi connectivity index (χ1) is 12.1. The third-order valence-electron chi connectivity index (χ3n) is 3.55. The number of aryl methyl sites for hydroxylation is 1. The smallest absolute Gasteiger partial charge is 0.251 e. The first-order valence-electron chi connectivity index (χ1n) is 7.61. The van der Waals surface area contributed by atoms with Gasteiger partial charge in [-0.1, -0.05) is 17.9 Å². The number of anilines is 1. The van der Waals surface area contributed by atoms with E-state index in [1.54, 1.807) is 35.9 Å². The van der Waals surface area contributed by atoms with E-state index >= 15 is 0 Å². The Balaban J connectivity index is 1.76. The normalized spacial score (nSPS) is 9.96. The molecule has 124 valence electrons. The van der Waals surface area contributed by atoms with Crippen molar-refractivity contribution in [1.29, 1.82) is 0 Å². The van der Waals surface area contributed by atoms with Gasteiger partial charge in [-0.15, -0.1) is 0 Å². The maximum atomic E-state index is 12.3. The van der Waals surface area contributed by atoms with Crippen LogP contribution in [0.4, 0.5) is 5.95 Å². The molecule has 6 heteroatoms. The van der Waals surface area contributed by atoms with E-state index in [2.05, 4.69) is 27.1 Å². The highest BCUT2D eigenvalue weighted by molar-refractivity contribution is 7.07. The van der Waals surface area contributed by atoms with Crippen molar-refractivity contribution in [3.05, 3.63) is 75.2 Å². The van der Waals surface area contributed by atoms with Crippen LogP contribution in [-0.2, 0) is 6.54 Å². The Morgan fingerprint density at radius 3 is 2.76 bits per heavy atom. The Bertz CT molecular complexity index is 938. The second-order valence-corrected chi connectivity index (χ2v) is 6.20. The number of hydrogen-bond acceptors (Lipinski definition) is 5. The van der Waals surface area contributed by atoms with E-state index in [4.69, 9.17) is 5.73 Å². The maximum Gasteiger partial charge on any atom is 0.251 e. The Labute approximate surface area is 150 Å². The van der Waals surface area contributed by atoms with Crippen molar-refractivity contribution in [3.8, 4) is 11.8 Å². The average molecular weight is 348 g/mol. The summed E-state index contributed by atoms with van der Waals surface area (Å²) in [4.78, 5) is 20.1. The van der Waals surface area contributed by atoms with E-state index in [9.17, 15) is 4.79 Å².